The van der Waals surface area contributed by atoms with Gasteiger partial charge in [0.2, 0.25) is 0 Å². The number of halogens is 1. The second kappa shape index (κ2) is 7.14. The fourth-order valence-corrected chi connectivity index (χ4v) is 3.50. The molecule has 26 heavy (non-hydrogen) atoms. The molecule has 0 unspecified atom stereocenters. The van der Waals surface area contributed by atoms with E-state index < -0.39 is 5.97 Å². The summed E-state index contributed by atoms with van der Waals surface area (Å²) in [5.74, 6) is 0.154. The Bertz CT molecular complexity index is 1140. The lowest BCUT2D eigenvalue weighted by molar-refractivity contribution is -0.128. The Hall–Kier alpha value is -2.91. The molecule has 4 aromatic rings. The SMILES string of the molecule is O=C(/C=C/c1cccc2ccccc12)Oc1ccc(Br)c2ccccc12. The minimum Gasteiger partial charge on any atom is -0.423 e. The van der Waals surface area contributed by atoms with E-state index in [9.17, 15) is 4.79 Å². The van der Waals surface area contributed by atoms with Crippen LogP contribution in [0.3, 0.4) is 0 Å². The Labute approximate surface area is 159 Å². The molecule has 126 valence electrons. The Kier molecular flexibility index (Phi) is 4.55. The van der Waals surface area contributed by atoms with Crippen LogP contribution in [-0.4, -0.2) is 5.97 Å². The van der Waals surface area contributed by atoms with Crippen LogP contribution in [0, 0.1) is 0 Å². The average molecular weight is 403 g/mol. The van der Waals surface area contributed by atoms with Crippen molar-refractivity contribution in [3.8, 4) is 5.75 Å². The average Bonchev–Trinajstić information content (AvgIpc) is 2.69. The molecule has 4 rings (SSSR count). The minimum atomic E-state index is -0.398. The minimum absolute atomic E-state index is 0.398. The van der Waals surface area contributed by atoms with Gasteiger partial charge >= 0.3 is 5.97 Å². The van der Waals surface area contributed by atoms with Crippen molar-refractivity contribution in [3.63, 3.8) is 0 Å². The van der Waals surface area contributed by atoms with Crippen molar-refractivity contribution in [2.75, 3.05) is 0 Å². The van der Waals surface area contributed by atoms with Gasteiger partial charge in [-0.3, -0.25) is 0 Å². The summed E-state index contributed by atoms with van der Waals surface area (Å²) in [6.45, 7) is 0. The predicted octanol–water partition coefficient (Wildman–Crippen LogP) is 6.37. The molecule has 0 heterocycles. The van der Waals surface area contributed by atoms with Crippen LogP contribution in [0.4, 0.5) is 0 Å². The number of hydrogen-bond donors (Lipinski definition) is 0. The number of fused-ring (bicyclic) bond motifs is 2. The third kappa shape index (κ3) is 3.26. The van der Waals surface area contributed by atoms with E-state index in [-0.39, 0.29) is 0 Å². The van der Waals surface area contributed by atoms with Crippen molar-refractivity contribution in [1.29, 1.82) is 0 Å². The number of ether oxygens (including phenoxy) is 1. The standard InChI is InChI=1S/C23H15BrO2/c24-21-13-14-22(20-11-4-3-10-19(20)21)26-23(25)15-12-17-8-5-7-16-6-1-2-9-18(16)17/h1-15H/b15-12+. The van der Waals surface area contributed by atoms with Gasteiger partial charge in [0.15, 0.2) is 0 Å². The van der Waals surface area contributed by atoms with Crippen molar-refractivity contribution in [1.82, 2.24) is 0 Å². The summed E-state index contributed by atoms with van der Waals surface area (Å²) in [4.78, 5) is 12.3. The number of esters is 1. The van der Waals surface area contributed by atoms with Crippen molar-refractivity contribution in [2.24, 2.45) is 0 Å². The Morgan fingerprint density at radius 3 is 2.31 bits per heavy atom. The lowest BCUT2D eigenvalue weighted by Crippen LogP contribution is -2.04. The Morgan fingerprint density at radius 1 is 0.769 bits per heavy atom. The van der Waals surface area contributed by atoms with Gasteiger partial charge in [0.1, 0.15) is 5.75 Å². The first-order valence-electron chi connectivity index (χ1n) is 8.27. The number of carbonyl (C=O) groups excluding carboxylic acids is 1. The highest BCUT2D eigenvalue weighted by Gasteiger charge is 2.08. The summed E-state index contributed by atoms with van der Waals surface area (Å²) in [5, 5.41) is 4.15. The van der Waals surface area contributed by atoms with E-state index in [0.29, 0.717) is 5.75 Å². The number of rotatable bonds is 3. The molecule has 2 nitrogen and oxygen atoms in total. The van der Waals surface area contributed by atoms with E-state index in [1.165, 1.54) is 6.08 Å². The van der Waals surface area contributed by atoms with Gasteiger partial charge in [-0.1, -0.05) is 82.7 Å². The Morgan fingerprint density at radius 2 is 1.46 bits per heavy atom. The molecule has 0 aromatic heterocycles. The van der Waals surface area contributed by atoms with Crippen molar-refractivity contribution >= 4 is 49.5 Å². The molecule has 3 heteroatoms. The summed E-state index contributed by atoms with van der Waals surface area (Å²) < 4.78 is 6.54. The molecule has 0 amide bonds. The van der Waals surface area contributed by atoms with E-state index in [1.54, 1.807) is 12.1 Å². The van der Waals surface area contributed by atoms with Crippen LogP contribution in [0.5, 0.6) is 5.75 Å². The monoisotopic (exact) mass is 402 g/mol. The normalized spacial score (nSPS) is 11.3. The summed E-state index contributed by atoms with van der Waals surface area (Å²) in [6, 6.07) is 25.6. The van der Waals surface area contributed by atoms with Gasteiger partial charge in [-0.25, -0.2) is 4.79 Å². The third-order valence-corrected chi connectivity index (χ3v) is 4.96. The summed E-state index contributed by atoms with van der Waals surface area (Å²) >= 11 is 3.53. The van der Waals surface area contributed by atoms with Crippen LogP contribution in [0.25, 0.3) is 27.6 Å². The van der Waals surface area contributed by atoms with E-state index in [1.807, 2.05) is 60.7 Å². The number of hydrogen-bond acceptors (Lipinski definition) is 2. The molecule has 0 saturated carbocycles. The van der Waals surface area contributed by atoms with Gasteiger partial charge in [0.05, 0.1) is 0 Å². The molecular weight excluding hydrogens is 388 g/mol. The first kappa shape index (κ1) is 16.6. The largest absolute Gasteiger partial charge is 0.423 e. The molecule has 0 aliphatic rings. The van der Waals surface area contributed by atoms with Gasteiger partial charge in [-0.05, 0) is 39.9 Å². The topological polar surface area (TPSA) is 26.3 Å². The van der Waals surface area contributed by atoms with E-state index >= 15 is 0 Å². The van der Waals surface area contributed by atoms with Crippen LogP contribution in [0.2, 0.25) is 0 Å². The van der Waals surface area contributed by atoms with Crippen molar-refractivity contribution < 1.29 is 9.53 Å². The van der Waals surface area contributed by atoms with Crippen LogP contribution < -0.4 is 4.74 Å². The second-order valence-electron chi connectivity index (χ2n) is 5.91. The first-order chi connectivity index (χ1) is 12.7. The molecule has 0 atom stereocenters. The van der Waals surface area contributed by atoms with Crippen LogP contribution in [0.15, 0.2) is 89.4 Å². The molecule has 0 N–H and O–H groups in total. The maximum absolute atomic E-state index is 12.3. The number of carbonyl (C=O) groups is 1. The van der Waals surface area contributed by atoms with Gasteiger partial charge < -0.3 is 4.74 Å². The molecule has 0 aliphatic carbocycles. The maximum Gasteiger partial charge on any atom is 0.336 e. The van der Waals surface area contributed by atoms with Crippen LogP contribution in [0.1, 0.15) is 5.56 Å². The summed E-state index contributed by atoms with van der Waals surface area (Å²) in [5.41, 5.74) is 0.987. The van der Waals surface area contributed by atoms with Crippen molar-refractivity contribution in [2.45, 2.75) is 0 Å². The third-order valence-electron chi connectivity index (χ3n) is 4.26. The molecule has 0 saturated heterocycles. The zero-order chi connectivity index (χ0) is 17.9. The van der Waals surface area contributed by atoms with Gasteiger partial charge in [0, 0.05) is 15.9 Å². The van der Waals surface area contributed by atoms with Gasteiger partial charge in [-0.2, -0.15) is 0 Å². The van der Waals surface area contributed by atoms with Crippen LogP contribution in [-0.2, 0) is 4.79 Å². The van der Waals surface area contributed by atoms with E-state index in [0.717, 1.165) is 31.6 Å². The lowest BCUT2D eigenvalue weighted by Gasteiger charge is -2.07. The molecule has 0 radical (unpaired) electrons. The lowest BCUT2D eigenvalue weighted by atomic mass is 10.0. The van der Waals surface area contributed by atoms with E-state index in [2.05, 4.69) is 28.1 Å². The van der Waals surface area contributed by atoms with Crippen molar-refractivity contribution in [3.05, 3.63) is 95.0 Å². The fraction of sp³-hybridized carbons (Fsp3) is 0. The number of benzene rings is 4. The second-order valence-corrected chi connectivity index (χ2v) is 6.77. The fourth-order valence-electron chi connectivity index (χ4n) is 3.02. The highest BCUT2D eigenvalue weighted by Crippen LogP contribution is 2.31. The predicted molar refractivity (Wildman–Crippen MR) is 110 cm³/mol. The highest BCUT2D eigenvalue weighted by atomic mass is 79.9. The molecule has 0 aliphatic heterocycles. The zero-order valence-corrected chi connectivity index (χ0v) is 15.4. The first-order valence-corrected chi connectivity index (χ1v) is 9.06. The highest BCUT2D eigenvalue weighted by molar-refractivity contribution is 9.10. The molecule has 0 spiro atoms. The van der Waals surface area contributed by atoms with Crippen LogP contribution >= 0.6 is 15.9 Å². The quantitative estimate of drug-likeness (QED) is 0.226. The smallest absolute Gasteiger partial charge is 0.336 e. The summed E-state index contributed by atoms with van der Waals surface area (Å²) in [7, 11) is 0. The maximum atomic E-state index is 12.3. The Balaban J connectivity index is 1.61. The van der Waals surface area contributed by atoms with Gasteiger partial charge in [-0.15, -0.1) is 0 Å². The zero-order valence-electron chi connectivity index (χ0n) is 13.9. The molecular formula is C23H15BrO2. The molecule has 0 fully saturated rings. The van der Waals surface area contributed by atoms with E-state index in [4.69, 9.17) is 4.74 Å². The molecule has 4 aromatic carbocycles. The van der Waals surface area contributed by atoms with Gasteiger partial charge in [0.25, 0.3) is 0 Å². The summed E-state index contributed by atoms with van der Waals surface area (Å²) in [6.07, 6.45) is 3.27. The molecule has 0 bridgehead atoms.